The maximum atomic E-state index is 13.7. The number of aromatic nitrogens is 7. The van der Waals surface area contributed by atoms with E-state index in [-0.39, 0.29) is 118 Å². The molecule has 0 bridgehead atoms. The second-order valence-electron chi connectivity index (χ2n) is 15.5. The minimum atomic E-state index is -4.57. The molecule has 0 aliphatic rings. The number of amides is 4. The first kappa shape index (κ1) is 70.1. The Hall–Kier alpha value is -7.19. The number of carbonyl (C=O) groups is 5. The van der Waals surface area contributed by atoms with Crippen molar-refractivity contribution in [3.63, 3.8) is 0 Å². The van der Waals surface area contributed by atoms with Gasteiger partial charge in [-0.15, -0.1) is 9.78 Å². The van der Waals surface area contributed by atoms with Crippen molar-refractivity contribution in [1.82, 2.24) is 43.7 Å². The molecule has 0 saturated carbocycles. The third-order valence-corrected chi connectivity index (χ3v) is 13.2. The molecule has 83 heavy (non-hydrogen) atoms. The van der Waals surface area contributed by atoms with Gasteiger partial charge in [0.1, 0.15) is 33.7 Å². The smallest absolute Gasteiger partial charge is 0.545 e. The number of anilines is 2. The summed E-state index contributed by atoms with van der Waals surface area (Å²) in [7, 11) is -5.25. The summed E-state index contributed by atoms with van der Waals surface area (Å²) in [6.45, 7) is 3.62. The van der Waals surface area contributed by atoms with E-state index in [2.05, 4.69) is 40.4 Å². The summed E-state index contributed by atoms with van der Waals surface area (Å²) in [6.07, 6.45) is -2.64. The zero-order chi connectivity index (χ0) is 60.0. The Bertz CT molecular complexity index is 3830. The molecule has 0 aliphatic heterocycles. The summed E-state index contributed by atoms with van der Waals surface area (Å²) in [5.74, 6) is -5.70. The van der Waals surface area contributed by atoms with Gasteiger partial charge < -0.3 is 34.2 Å². The van der Waals surface area contributed by atoms with Crippen LogP contribution in [0.5, 0.6) is 23.7 Å². The van der Waals surface area contributed by atoms with Crippen molar-refractivity contribution >= 4 is 84.2 Å². The van der Waals surface area contributed by atoms with Gasteiger partial charge in [-0.1, -0.05) is 31.2 Å². The number of esters is 1. The van der Waals surface area contributed by atoms with E-state index in [4.69, 9.17) is 14.2 Å². The monoisotopic (exact) mass is 1330 g/mol. The Morgan fingerprint density at radius 1 is 0.783 bits per heavy atom. The zero-order valence-corrected chi connectivity index (χ0v) is 51.9. The number of ether oxygens (including phenoxy) is 4. The number of carbonyl (C=O) groups excluding carboxylic acids is 5. The van der Waals surface area contributed by atoms with E-state index in [0.29, 0.717) is 20.7 Å². The number of rotatable bonds is 15. The average molecular weight is 1330 g/mol. The number of hydrogen-bond acceptors (Lipinski definition) is 20. The predicted molar refractivity (Wildman–Crippen MR) is 276 cm³/mol. The van der Waals surface area contributed by atoms with Crippen molar-refractivity contribution < 1.29 is 146 Å². The summed E-state index contributed by atoms with van der Waals surface area (Å²) in [4.78, 5) is 85.7. The molecular formula is C47H40F5IN11Na2O15S2+. The molecular weight excluding hydrogens is 1290 g/mol. The molecule has 0 fully saturated rings. The molecule has 4 aromatic carbocycles. The standard InChI is InChI=1S/C19H11F5N2O2.C15H18N4O7S.C13H12IN5O6S.2Na/c20-12-6-7-16(15(21)10-12)26-17(27)14-5-2-8-25-18(14)28-13-4-1-3-11(9-13)19(22,23)24;1-4-9-26-14-16-19(15(22)18(14)2)13(21)17-27(23,24)11-8-6-5-7-10(11)12(20)25-3;1-6-15-11(18-13(16-6)25-2)17-12(22)19-26(23,24)9-5-7(14)3-4-8(9)10(20)21;;/h1-10H,(H,26,27);5-8H,4,9H2,1-3H3,(H,17,21);3-5H,1-2H3,(H,20,21)(H2,15,16,17,18,19,22);;/q;;;2*+1/p-1. The van der Waals surface area contributed by atoms with Gasteiger partial charge in [0.2, 0.25) is 11.8 Å². The minimum absolute atomic E-state index is 0. The number of aryl methyl sites for hydroxylation is 1. The zero-order valence-electron chi connectivity index (χ0n) is 44.1. The first-order valence-electron chi connectivity index (χ1n) is 22.3. The van der Waals surface area contributed by atoms with Crippen LogP contribution in [0.1, 0.15) is 55.8 Å². The van der Waals surface area contributed by atoms with E-state index in [1.165, 1.54) is 69.7 Å². The number of carboxylic acid groups (broad SMARTS) is 1. The Morgan fingerprint density at radius 2 is 1.46 bits per heavy atom. The summed E-state index contributed by atoms with van der Waals surface area (Å²) in [5, 5.41) is 19.1. The number of nitrogens with zero attached hydrogens (tertiary/aromatic N) is 7. The van der Waals surface area contributed by atoms with Gasteiger partial charge in [0.05, 0.1) is 48.5 Å². The topological polar surface area (TPSA) is 353 Å². The third-order valence-electron chi connectivity index (χ3n) is 9.76. The van der Waals surface area contributed by atoms with Crippen molar-refractivity contribution in [1.29, 1.82) is 0 Å². The van der Waals surface area contributed by atoms with Crippen LogP contribution in [0.2, 0.25) is 0 Å². The molecule has 0 unspecified atom stereocenters. The predicted octanol–water partition coefficient (Wildman–Crippen LogP) is -0.798. The summed E-state index contributed by atoms with van der Waals surface area (Å²) >= 11 is 1.80. The van der Waals surface area contributed by atoms with E-state index in [1.54, 1.807) is 32.0 Å². The molecule has 0 aliphatic carbocycles. The fourth-order valence-electron chi connectivity index (χ4n) is 6.13. The minimum Gasteiger partial charge on any atom is -0.545 e. The van der Waals surface area contributed by atoms with Gasteiger partial charge >= 0.3 is 101 Å². The van der Waals surface area contributed by atoms with Gasteiger partial charge in [0.15, 0.2) is 0 Å². The number of urea groups is 1. The van der Waals surface area contributed by atoms with Crippen LogP contribution in [-0.4, -0.2) is 102 Å². The number of nitrogens with one attached hydrogen (secondary N) is 4. The van der Waals surface area contributed by atoms with Crippen molar-refractivity contribution in [3.8, 4) is 23.7 Å². The molecule has 0 spiro atoms. The maximum Gasteiger partial charge on any atom is 1.00 e. The van der Waals surface area contributed by atoms with Crippen LogP contribution in [0, 0.1) is 22.1 Å². The number of hydrogen-bond donors (Lipinski definition) is 4. The summed E-state index contributed by atoms with van der Waals surface area (Å²) < 4.78 is 140. The van der Waals surface area contributed by atoms with Gasteiger partial charge in [-0.3, -0.25) is 10.1 Å². The number of benzene rings is 4. The molecule has 7 aromatic rings. The number of sulfonamides is 2. The average Bonchev–Trinajstić information content (AvgIpc) is 3.81. The molecule has 0 atom stereocenters. The quantitative estimate of drug-likeness (QED) is 0.0423. The van der Waals surface area contributed by atoms with Gasteiger partial charge in [-0.25, -0.2) is 63.8 Å². The molecule has 36 heteroatoms. The first-order chi connectivity index (χ1) is 38.1. The van der Waals surface area contributed by atoms with Crippen LogP contribution in [0.3, 0.4) is 0 Å². The summed E-state index contributed by atoms with van der Waals surface area (Å²) in [5.41, 5.74) is -3.09. The van der Waals surface area contributed by atoms with Crippen LogP contribution in [0.25, 0.3) is 0 Å². The number of carboxylic acids is 1. The second-order valence-corrected chi connectivity index (χ2v) is 20.1. The molecule has 428 valence electrons. The SMILES string of the molecule is CCCOc1nn(C(=O)NS(=O)(=O)c2ccccc2C(=O)OC)c(=O)n1C.COc1nc(C)nc(NC(=O)NS(=O)(=O)c2cc(I)ccc2C(=O)[O-])n1.O=C(Nc1ccc(F)cc1F)c1cccnc1Oc1cccc(C(F)(F)F)c1.[Na+].[Na+]. The Morgan fingerprint density at radius 3 is 2.10 bits per heavy atom. The molecule has 3 aromatic heterocycles. The fraction of sp³-hybridized carbons (Fsp3) is 0.170. The molecule has 0 radical (unpaired) electrons. The second kappa shape index (κ2) is 30.9. The Kier molecular flexibility index (Phi) is 26.1. The van der Waals surface area contributed by atoms with Gasteiger partial charge in [-0.05, 0) is 103 Å². The molecule has 4 N–H and O–H groups in total. The van der Waals surface area contributed by atoms with E-state index >= 15 is 0 Å². The third kappa shape index (κ3) is 19.4. The van der Waals surface area contributed by atoms with Crippen LogP contribution >= 0.6 is 22.6 Å². The first-order valence-corrected chi connectivity index (χ1v) is 26.3. The normalized spacial score (nSPS) is 10.8. The fourth-order valence-corrected chi connectivity index (χ4v) is 9.09. The van der Waals surface area contributed by atoms with Crippen molar-refractivity contribution in [3.05, 3.63) is 157 Å². The van der Waals surface area contributed by atoms with Crippen molar-refractivity contribution in [2.75, 3.05) is 31.5 Å². The molecule has 3 heterocycles. The molecule has 0 saturated heterocycles. The van der Waals surface area contributed by atoms with E-state index in [9.17, 15) is 72.7 Å². The molecule has 4 amide bonds. The van der Waals surface area contributed by atoms with Crippen molar-refractivity contribution in [2.24, 2.45) is 7.05 Å². The molecule has 26 nitrogen and oxygen atoms in total. The largest absolute Gasteiger partial charge is 1.00 e. The van der Waals surface area contributed by atoms with Gasteiger partial charge in [0, 0.05) is 28.4 Å². The van der Waals surface area contributed by atoms with Crippen LogP contribution in [0.4, 0.5) is 43.2 Å². The van der Waals surface area contributed by atoms with Gasteiger partial charge in [-0.2, -0.15) is 28.1 Å². The number of aromatic carboxylic acids is 1. The van der Waals surface area contributed by atoms with E-state index in [1.807, 2.05) is 6.92 Å². The summed E-state index contributed by atoms with van der Waals surface area (Å²) in [6, 6.07) is 15.3. The van der Waals surface area contributed by atoms with Crippen LogP contribution in [0.15, 0.2) is 118 Å². The number of alkyl halides is 3. The number of methoxy groups -OCH3 is 2. The van der Waals surface area contributed by atoms with Crippen molar-refractivity contribution in [2.45, 2.75) is 36.2 Å². The van der Waals surface area contributed by atoms with E-state index in [0.717, 1.165) is 60.2 Å². The Balaban J connectivity index is 0.000000323. The van der Waals surface area contributed by atoms with Crippen LogP contribution in [-0.2, 0) is 38.0 Å². The van der Waals surface area contributed by atoms with Crippen LogP contribution < -0.4 is 104 Å². The maximum absolute atomic E-state index is 13.7. The Labute approximate surface area is 524 Å². The van der Waals surface area contributed by atoms with E-state index < -0.39 is 94.4 Å². The molecule has 7 rings (SSSR count). The van der Waals surface area contributed by atoms with Gasteiger partial charge in [0.25, 0.3) is 26.0 Å². The number of pyridine rings is 1. The number of halogens is 6.